The van der Waals surface area contributed by atoms with Crippen molar-refractivity contribution in [1.82, 2.24) is 15.6 Å². The number of H-pyrrole nitrogens is 1. The average Bonchev–Trinajstić information content (AvgIpc) is 3.14. The van der Waals surface area contributed by atoms with E-state index in [2.05, 4.69) is 71.2 Å². The predicted octanol–water partition coefficient (Wildman–Crippen LogP) is 4.62. The summed E-state index contributed by atoms with van der Waals surface area (Å²) in [5.74, 6) is 0.841. The summed E-state index contributed by atoms with van der Waals surface area (Å²) in [6.07, 6.45) is 3.04. The van der Waals surface area contributed by atoms with Crippen LogP contribution in [0.3, 0.4) is 0 Å². The molecule has 5 nitrogen and oxygen atoms in total. The number of fused-ring (bicyclic) bond motifs is 1. The second-order valence-electron chi connectivity index (χ2n) is 6.64. The van der Waals surface area contributed by atoms with Gasteiger partial charge in [-0.3, -0.25) is 0 Å². The lowest BCUT2D eigenvalue weighted by molar-refractivity contribution is 0.133. The number of aromatic nitrogens is 1. The first-order chi connectivity index (χ1) is 13.8. The summed E-state index contributed by atoms with van der Waals surface area (Å²) in [5.41, 5.74) is 4.90. The third kappa shape index (κ3) is 6.75. The monoisotopic (exact) mass is 506 g/mol. The SMILES string of the molecule is CCNC(=NCc1ccccc1COCC)NCCc1c[nH]c2ccccc12.I. The van der Waals surface area contributed by atoms with Crippen molar-refractivity contribution in [2.45, 2.75) is 33.4 Å². The topological polar surface area (TPSA) is 61.4 Å². The van der Waals surface area contributed by atoms with Gasteiger partial charge in [0.05, 0.1) is 13.2 Å². The number of ether oxygens (including phenoxy) is 1. The molecular formula is C23H31IN4O. The Kier molecular flexibility index (Phi) is 10.0. The van der Waals surface area contributed by atoms with E-state index in [0.717, 1.165) is 32.1 Å². The zero-order valence-corrected chi connectivity index (χ0v) is 19.5. The second-order valence-corrected chi connectivity index (χ2v) is 6.64. The van der Waals surface area contributed by atoms with Crippen molar-refractivity contribution >= 4 is 40.8 Å². The quantitative estimate of drug-likeness (QED) is 0.226. The summed E-state index contributed by atoms with van der Waals surface area (Å²) < 4.78 is 5.57. The minimum atomic E-state index is 0. The molecule has 0 radical (unpaired) electrons. The first kappa shape index (κ1) is 23.2. The zero-order valence-electron chi connectivity index (χ0n) is 17.2. The highest BCUT2D eigenvalue weighted by molar-refractivity contribution is 14.0. The molecule has 0 spiro atoms. The van der Waals surface area contributed by atoms with E-state index >= 15 is 0 Å². The molecule has 0 saturated carbocycles. The van der Waals surface area contributed by atoms with Crippen LogP contribution in [0.25, 0.3) is 10.9 Å². The molecule has 0 amide bonds. The van der Waals surface area contributed by atoms with Crippen LogP contribution in [0.2, 0.25) is 0 Å². The molecule has 3 rings (SSSR count). The maximum absolute atomic E-state index is 5.57. The third-order valence-corrected chi connectivity index (χ3v) is 4.69. The van der Waals surface area contributed by atoms with Gasteiger partial charge in [0.25, 0.3) is 0 Å². The normalized spacial score (nSPS) is 11.3. The summed E-state index contributed by atoms with van der Waals surface area (Å²) in [4.78, 5) is 8.10. The molecule has 29 heavy (non-hydrogen) atoms. The fraction of sp³-hybridized carbons (Fsp3) is 0.348. The van der Waals surface area contributed by atoms with Crippen molar-refractivity contribution in [2.75, 3.05) is 19.7 Å². The summed E-state index contributed by atoms with van der Waals surface area (Å²) in [7, 11) is 0. The van der Waals surface area contributed by atoms with Gasteiger partial charge in [-0.2, -0.15) is 0 Å². The van der Waals surface area contributed by atoms with Gasteiger partial charge in [-0.05, 0) is 43.0 Å². The van der Waals surface area contributed by atoms with Crippen molar-refractivity contribution in [2.24, 2.45) is 4.99 Å². The van der Waals surface area contributed by atoms with Crippen molar-refractivity contribution in [1.29, 1.82) is 0 Å². The van der Waals surface area contributed by atoms with E-state index in [1.165, 1.54) is 27.6 Å². The number of nitrogens with zero attached hydrogens (tertiary/aromatic N) is 1. The molecule has 3 N–H and O–H groups in total. The molecule has 1 heterocycles. The van der Waals surface area contributed by atoms with Gasteiger partial charge in [0, 0.05) is 36.8 Å². The molecule has 1 aromatic heterocycles. The molecule has 0 bridgehead atoms. The molecule has 0 aliphatic rings. The number of aromatic amines is 1. The van der Waals surface area contributed by atoms with E-state index in [-0.39, 0.29) is 24.0 Å². The van der Waals surface area contributed by atoms with Crippen LogP contribution in [0.4, 0.5) is 0 Å². The van der Waals surface area contributed by atoms with Crippen LogP contribution in [0.5, 0.6) is 0 Å². The molecule has 0 unspecified atom stereocenters. The van der Waals surface area contributed by atoms with E-state index in [9.17, 15) is 0 Å². The Morgan fingerprint density at radius 2 is 1.72 bits per heavy atom. The number of benzene rings is 2. The molecule has 156 valence electrons. The summed E-state index contributed by atoms with van der Waals surface area (Å²) >= 11 is 0. The van der Waals surface area contributed by atoms with E-state index in [0.29, 0.717) is 13.2 Å². The maximum atomic E-state index is 5.57. The molecule has 2 aromatic carbocycles. The first-order valence-electron chi connectivity index (χ1n) is 10.0. The van der Waals surface area contributed by atoms with Crippen molar-refractivity contribution in [3.63, 3.8) is 0 Å². The van der Waals surface area contributed by atoms with Crippen LogP contribution in [0.1, 0.15) is 30.5 Å². The summed E-state index contributed by atoms with van der Waals surface area (Å²) in [6, 6.07) is 16.7. The molecule has 0 aliphatic carbocycles. The smallest absolute Gasteiger partial charge is 0.191 e. The minimum Gasteiger partial charge on any atom is -0.377 e. The Morgan fingerprint density at radius 1 is 0.966 bits per heavy atom. The maximum Gasteiger partial charge on any atom is 0.191 e. The van der Waals surface area contributed by atoms with Crippen LogP contribution in [-0.2, 0) is 24.3 Å². The van der Waals surface area contributed by atoms with Crippen LogP contribution in [0.15, 0.2) is 59.7 Å². The van der Waals surface area contributed by atoms with Gasteiger partial charge in [0.1, 0.15) is 0 Å². The van der Waals surface area contributed by atoms with E-state index in [1.54, 1.807) is 0 Å². The Morgan fingerprint density at radius 3 is 2.52 bits per heavy atom. The van der Waals surface area contributed by atoms with Crippen molar-refractivity contribution < 1.29 is 4.74 Å². The minimum absolute atomic E-state index is 0. The summed E-state index contributed by atoms with van der Waals surface area (Å²) in [5, 5.41) is 8.07. The number of para-hydroxylation sites is 1. The Hall–Kier alpha value is -2.06. The van der Waals surface area contributed by atoms with Gasteiger partial charge in [-0.25, -0.2) is 4.99 Å². The zero-order chi connectivity index (χ0) is 19.6. The van der Waals surface area contributed by atoms with Crippen molar-refractivity contribution in [3.05, 3.63) is 71.4 Å². The van der Waals surface area contributed by atoms with Crippen LogP contribution >= 0.6 is 24.0 Å². The number of guanidine groups is 1. The molecular weight excluding hydrogens is 475 g/mol. The largest absolute Gasteiger partial charge is 0.377 e. The lowest BCUT2D eigenvalue weighted by Gasteiger charge is -2.12. The average molecular weight is 506 g/mol. The fourth-order valence-corrected chi connectivity index (χ4v) is 3.22. The van der Waals surface area contributed by atoms with E-state index < -0.39 is 0 Å². The van der Waals surface area contributed by atoms with Gasteiger partial charge in [0.15, 0.2) is 5.96 Å². The van der Waals surface area contributed by atoms with Crippen LogP contribution < -0.4 is 10.6 Å². The lowest BCUT2D eigenvalue weighted by Crippen LogP contribution is -2.38. The number of nitrogens with one attached hydrogen (secondary N) is 3. The van der Waals surface area contributed by atoms with Gasteiger partial charge >= 0.3 is 0 Å². The number of rotatable bonds is 9. The Bertz CT molecular complexity index is 907. The standard InChI is InChI=1S/C23H30N4O.HI/c1-3-24-23(27-15-18-9-5-6-10-20(18)17-28-4-2)25-14-13-19-16-26-22-12-8-7-11-21(19)22;/h5-12,16,26H,3-4,13-15,17H2,1-2H3,(H2,24,25,27);1H. The lowest BCUT2D eigenvalue weighted by atomic mass is 10.1. The molecule has 0 saturated heterocycles. The van der Waals surface area contributed by atoms with Crippen molar-refractivity contribution in [3.8, 4) is 0 Å². The number of hydrogen-bond acceptors (Lipinski definition) is 2. The predicted molar refractivity (Wildman–Crippen MR) is 132 cm³/mol. The van der Waals surface area contributed by atoms with Gasteiger partial charge in [0.2, 0.25) is 0 Å². The highest BCUT2D eigenvalue weighted by Crippen LogP contribution is 2.17. The molecule has 0 atom stereocenters. The second kappa shape index (κ2) is 12.5. The number of hydrogen-bond donors (Lipinski definition) is 3. The highest BCUT2D eigenvalue weighted by Gasteiger charge is 2.05. The molecule has 3 aromatic rings. The molecule has 6 heteroatoms. The fourth-order valence-electron chi connectivity index (χ4n) is 3.22. The molecule has 0 aliphatic heterocycles. The van der Waals surface area contributed by atoms with Gasteiger partial charge < -0.3 is 20.4 Å². The van der Waals surface area contributed by atoms with Crippen LogP contribution in [0, 0.1) is 0 Å². The van der Waals surface area contributed by atoms with Gasteiger partial charge in [-0.15, -0.1) is 24.0 Å². The number of halogens is 1. The first-order valence-corrected chi connectivity index (χ1v) is 10.0. The highest BCUT2D eigenvalue weighted by atomic mass is 127. The summed E-state index contributed by atoms with van der Waals surface area (Å²) in [6.45, 7) is 7.74. The Balaban J connectivity index is 0.00000300. The Labute approximate surface area is 190 Å². The van der Waals surface area contributed by atoms with Crippen LogP contribution in [-0.4, -0.2) is 30.6 Å². The third-order valence-electron chi connectivity index (χ3n) is 4.69. The molecule has 0 fully saturated rings. The van der Waals surface area contributed by atoms with E-state index in [1.807, 2.05) is 13.0 Å². The van der Waals surface area contributed by atoms with Gasteiger partial charge in [-0.1, -0.05) is 42.5 Å². The number of aliphatic imine (C=N–C) groups is 1. The van der Waals surface area contributed by atoms with E-state index in [4.69, 9.17) is 9.73 Å².